The fraction of sp³-hybridized carbons (Fsp3) is 0.556. The van der Waals surface area contributed by atoms with Crippen molar-refractivity contribution >= 4 is 27.8 Å². The summed E-state index contributed by atoms with van der Waals surface area (Å²) in [5, 5.41) is 6.20. The molecule has 1 aromatic rings. The quantitative estimate of drug-likeness (QED) is 0.772. The number of halogens is 1. The lowest BCUT2D eigenvalue weighted by molar-refractivity contribution is -0.149. The van der Waals surface area contributed by atoms with E-state index >= 15 is 0 Å². The van der Waals surface area contributed by atoms with Crippen LogP contribution in [0.5, 0.6) is 0 Å². The minimum atomic E-state index is -0.344. The monoisotopic (exact) mass is 394 g/mol. The minimum Gasteiger partial charge on any atom is -0.460 e. The van der Waals surface area contributed by atoms with E-state index < -0.39 is 0 Å². The molecule has 1 atom stereocenters. The Balaban J connectivity index is 1.62. The molecule has 0 saturated carbocycles. The molecule has 0 bridgehead atoms. The average molecular weight is 395 g/mol. The number of nitrogens with one attached hydrogen (secondary N) is 2. The van der Waals surface area contributed by atoms with Gasteiger partial charge in [-0.25, -0.2) is 0 Å². The molecule has 0 radical (unpaired) electrons. The number of ether oxygens (including phenoxy) is 1. The van der Waals surface area contributed by atoms with E-state index in [0.717, 1.165) is 41.5 Å². The smallest absolute Gasteiger partial charge is 0.312 e. The third-order valence-electron chi connectivity index (χ3n) is 5.25. The molecular weight excluding hydrogens is 372 g/mol. The van der Waals surface area contributed by atoms with E-state index in [4.69, 9.17) is 4.74 Å². The van der Waals surface area contributed by atoms with Crippen LogP contribution in [0, 0.1) is 19.3 Å². The van der Waals surface area contributed by atoms with Gasteiger partial charge in [0.1, 0.15) is 6.10 Å². The van der Waals surface area contributed by atoms with Crippen LogP contribution in [0.3, 0.4) is 0 Å². The molecule has 2 fully saturated rings. The Morgan fingerprint density at radius 3 is 2.79 bits per heavy atom. The first kappa shape index (κ1) is 17.4. The van der Waals surface area contributed by atoms with Crippen molar-refractivity contribution in [2.75, 3.05) is 19.6 Å². The lowest BCUT2D eigenvalue weighted by Gasteiger charge is -2.29. The summed E-state index contributed by atoms with van der Waals surface area (Å²) in [6.45, 7) is 5.99. The van der Waals surface area contributed by atoms with Gasteiger partial charge in [0.15, 0.2) is 0 Å². The van der Waals surface area contributed by atoms with E-state index in [0.29, 0.717) is 18.5 Å². The second kappa shape index (κ2) is 6.84. The Hall–Kier alpha value is -1.40. The summed E-state index contributed by atoms with van der Waals surface area (Å²) in [4.78, 5) is 24.7. The predicted molar refractivity (Wildman–Crippen MR) is 95.0 cm³/mol. The van der Waals surface area contributed by atoms with Gasteiger partial charge < -0.3 is 15.4 Å². The largest absolute Gasteiger partial charge is 0.460 e. The third kappa shape index (κ3) is 3.35. The summed E-state index contributed by atoms with van der Waals surface area (Å²) in [5.41, 5.74) is 2.34. The summed E-state index contributed by atoms with van der Waals surface area (Å²) < 4.78 is 6.41. The van der Waals surface area contributed by atoms with E-state index in [1.54, 1.807) is 0 Å². The van der Waals surface area contributed by atoms with Gasteiger partial charge in [0.2, 0.25) is 0 Å². The van der Waals surface area contributed by atoms with Crippen LogP contribution in [0.4, 0.5) is 0 Å². The van der Waals surface area contributed by atoms with E-state index in [1.165, 1.54) is 0 Å². The molecule has 2 aliphatic rings. The summed E-state index contributed by atoms with van der Waals surface area (Å²) >= 11 is 3.43. The highest BCUT2D eigenvalue weighted by Crippen LogP contribution is 2.41. The van der Waals surface area contributed by atoms with Gasteiger partial charge in [-0.15, -0.1) is 0 Å². The first-order valence-electron chi connectivity index (χ1n) is 8.38. The van der Waals surface area contributed by atoms with Crippen LogP contribution < -0.4 is 10.6 Å². The van der Waals surface area contributed by atoms with Gasteiger partial charge in [-0.05, 0) is 63.0 Å². The molecule has 1 unspecified atom stereocenters. The number of carbonyl (C=O) groups excluding carboxylic acids is 2. The Labute approximate surface area is 150 Å². The normalized spacial score (nSPS) is 22.5. The molecule has 6 heteroatoms. The molecule has 1 aromatic carbocycles. The Kier molecular flexibility index (Phi) is 4.97. The van der Waals surface area contributed by atoms with Crippen molar-refractivity contribution in [2.24, 2.45) is 5.41 Å². The number of benzene rings is 1. The SMILES string of the molecule is Cc1cc(Br)cc(C(=O)NCC2CC3(CCNCC3)C(=O)O2)c1C. The predicted octanol–water partition coefficient (Wildman–Crippen LogP) is 2.48. The van der Waals surface area contributed by atoms with Crippen LogP contribution >= 0.6 is 15.9 Å². The number of cyclic esters (lactones) is 1. The van der Waals surface area contributed by atoms with E-state index in [1.807, 2.05) is 26.0 Å². The highest BCUT2D eigenvalue weighted by atomic mass is 79.9. The molecule has 2 aliphatic heterocycles. The zero-order valence-electron chi connectivity index (χ0n) is 14.1. The first-order chi connectivity index (χ1) is 11.4. The number of hydrogen-bond acceptors (Lipinski definition) is 4. The van der Waals surface area contributed by atoms with Crippen LogP contribution in [-0.2, 0) is 9.53 Å². The zero-order chi connectivity index (χ0) is 17.3. The molecule has 130 valence electrons. The first-order valence-corrected chi connectivity index (χ1v) is 9.17. The lowest BCUT2D eigenvalue weighted by atomic mass is 9.76. The molecule has 2 N–H and O–H groups in total. The maximum atomic E-state index is 12.5. The van der Waals surface area contributed by atoms with Crippen LogP contribution in [0.1, 0.15) is 40.7 Å². The van der Waals surface area contributed by atoms with Crippen molar-refractivity contribution in [3.8, 4) is 0 Å². The minimum absolute atomic E-state index is 0.0993. The van der Waals surface area contributed by atoms with Crippen LogP contribution in [0.25, 0.3) is 0 Å². The number of aryl methyl sites for hydroxylation is 1. The number of piperidine rings is 1. The van der Waals surface area contributed by atoms with Crippen molar-refractivity contribution in [1.29, 1.82) is 0 Å². The third-order valence-corrected chi connectivity index (χ3v) is 5.71. The standard InChI is InChI=1S/C18H23BrN2O3/c1-11-7-13(19)8-15(12(11)2)16(22)21-10-14-9-18(17(23)24-14)3-5-20-6-4-18/h7-8,14,20H,3-6,9-10H2,1-2H3,(H,21,22). The van der Waals surface area contributed by atoms with Gasteiger partial charge in [-0.1, -0.05) is 15.9 Å². The molecule has 0 aliphatic carbocycles. The molecule has 2 saturated heterocycles. The van der Waals surface area contributed by atoms with Gasteiger partial charge in [0.25, 0.3) is 5.91 Å². The zero-order valence-corrected chi connectivity index (χ0v) is 15.7. The van der Waals surface area contributed by atoms with E-state index in [-0.39, 0.29) is 23.4 Å². The van der Waals surface area contributed by atoms with Crippen molar-refractivity contribution < 1.29 is 14.3 Å². The number of rotatable bonds is 3. The molecule has 1 spiro atoms. The van der Waals surface area contributed by atoms with Gasteiger partial charge in [0.05, 0.1) is 12.0 Å². The average Bonchev–Trinajstić information content (AvgIpc) is 2.85. The fourth-order valence-corrected chi connectivity index (χ4v) is 4.19. The number of amides is 1. The summed E-state index contributed by atoms with van der Waals surface area (Å²) in [6.07, 6.45) is 2.11. The van der Waals surface area contributed by atoms with Crippen molar-refractivity contribution in [3.05, 3.63) is 33.3 Å². The van der Waals surface area contributed by atoms with Gasteiger partial charge in [-0.2, -0.15) is 0 Å². The summed E-state index contributed by atoms with van der Waals surface area (Å²) in [5.74, 6) is -0.225. The summed E-state index contributed by atoms with van der Waals surface area (Å²) in [7, 11) is 0. The molecule has 3 rings (SSSR count). The summed E-state index contributed by atoms with van der Waals surface area (Å²) in [6, 6.07) is 3.82. The lowest BCUT2D eigenvalue weighted by Crippen LogP contribution is -2.39. The van der Waals surface area contributed by atoms with Crippen molar-refractivity contribution in [3.63, 3.8) is 0 Å². The molecule has 0 aromatic heterocycles. The van der Waals surface area contributed by atoms with E-state index in [9.17, 15) is 9.59 Å². The Morgan fingerprint density at radius 1 is 1.38 bits per heavy atom. The highest BCUT2D eigenvalue weighted by molar-refractivity contribution is 9.10. The molecular formula is C18H23BrN2O3. The second-order valence-electron chi connectivity index (χ2n) is 6.87. The number of carbonyl (C=O) groups is 2. The van der Waals surface area contributed by atoms with Crippen molar-refractivity contribution in [1.82, 2.24) is 10.6 Å². The van der Waals surface area contributed by atoms with Crippen molar-refractivity contribution in [2.45, 2.75) is 39.2 Å². The second-order valence-corrected chi connectivity index (χ2v) is 7.78. The molecule has 1 amide bonds. The fourth-order valence-electron chi connectivity index (χ4n) is 3.62. The maximum absolute atomic E-state index is 12.5. The topological polar surface area (TPSA) is 67.4 Å². The van der Waals surface area contributed by atoms with Gasteiger partial charge in [-0.3, -0.25) is 9.59 Å². The van der Waals surface area contributed by atoms with E-state index in [2.05, 4.69) is 26.6 Å². The van der Waals surface area contributed by atoms with Gasteiger partial charge >= 0.3 is 5.97 Å². The van der Waals surface area contributed by atoms with Crippen LogP contribution in [0.15, 0.2) is 16.6 Å². The van der Waals surface area contributed by atoms with Crippen LogP contribution in [-0.4, -0.2) is 37.6 Å². The Bertz CT molecular complexity index is 668. The van der Waals surface area contributed by atoms with Gasteiger partial charge in [0, 0.05) is 16.5 Å². The molecule has 5 nitrogen and oxygen atoms in total. The number of esters is 1. The number of hydrogen-bond donors (Lipinski definition) is 2. The Morgan fingerprint density at radius 2 is 2.08 bits per heavy atom. The molecule has 2 heterocycles. The van der Waals surface area contributed by atoms with Crippen LogP contribution in [0.2, 0.25) is 0 Å². The highest BCUT2D eigenvalue weighted by Gasteiger charge is 2.49. The maximum Gasteiger partial charge on any atom is 0.312 e. The molecule has 24 heavy (non-hydrogen) atoms.